The molecule has 0 aliphatic heterocycles. The number of halogens is 2. The van der Waals surface area contributed by atoms with E-state index < -0.39 is 11.8 Å². The van der Waals surface area contributed by atoms with E-state index in [1.54, 1.807) is 18.3 Å². The molecule has 0 radical (unpaired) electrons. The number of pyridine rings is 2. The van der Waals surface area contributed by atoms with Crippen molar-refractivity contribution in [3.8, 4) is 28.4 Å². The summed E-state index contributed by atoms with van der Waals surface area (Å²) in [5, 5.41) is 0. The smallest absolute Gasteiger partial charge is 0.212 e. The number of hydrogen-bond donors (Lipinski definition) is 1. The lowest BCUT2D eigenvalue weighted by Gasteiger charge is -2.10. The van der Waals surface area contributed by atoms with Crippen LogP contribution in [0, 0.1) is 18.7 Å². The number of H-pyrrole nitrogens is 1. The van der Waals surface area contributed by atoms with Crippen molar-refractivity contribution < 1.29 is 13.5 Å². The first-order valence-corrected chi connectivity index (χ1v) is 8.60. The summed E-state index contributed by atoms with van der Waals surface area (Å²) < 4.78 is 32.3. The summed E-state index contributed by atoms with van der Waals surface area (Å²) in [6.07, 6.45) is 4.67. The number of hydrogen-bond acceptors (Lipinski definition) is 4. The molecule has 0 atom stereocenters. The molecule has 0 bridgehead atoms. The van der Waals surface area contributed by atoms with Crippen LogP contribution >= 0.6 is 0 Å². The first-order chi connectivity index (χ1) is 13.6. The van der Waals surface area contributed by atoms with Gasteiger partial charge in [0.25, 0.3) is 0 Å². The Morgan fingerprint density at radius 2 is 1.82 bits per heavy atom. The molecule has 4 aromatic rings. The van der Waals surface area contributed by atoms with Gasteiger partial charge < -0.3 is 9.72 Å². The van der Waals surface area contributed by atoms with Crippen LogP contribution in [0.15, 0.2) is 61.1 Å². The number of nitrogens with zero attached hydrogens (tertiary/aromatic N) is 3. The number of nitrogens with one attached hydrogen (secondary N) is 1. The number of aromatic nitrogens is 4. The minimum Gasteiger partial charge on any atom is -0.487 e. The zero-order chi connectivity index (χ0) is 19.5. The van der Waals surface area contributed by atoms with Crippen LogP contribution in [0.2, 0.25) is 0 Å². The van der Waals surface area contributed by atoms with Crippen molar-refractivity contribution in [2.45, 2.75) is 13.5 Å². The Hall–Kier alpha value is -3.61. The van der Waals surface area contributed by atoms with Crippen LogP contribution in [0.4, 0.5) is 8.78 Å². The lowest BCUT2D eigenvalue weighted by molar-refractivity contribution is 0.292. The number of aromatic amines is 1. The molecule has 4 rings (SSSR count). The van der Waals surface area contributed by atoms with E-state index >= 15 is 0 Å². The highest BCUT2D eigenvalue weighted by Crippen LogP contribution is 2.27. The van der Waals surface area contributed by atoms with Gasteiger partial charge in [-0.05, 0) is 55.0 Å². The van der Waals surface area contributed by atoms with Crippen LogP contribution < -0.4 is 4.74 Å². The maximum absolute atomic E-state index is 13.7. The molecule has 3 aromatic heterocycles. The van der Waals surface area contributed by atoms with Gasteiger partial charge in [-0.1, -0.05) is 0 Å². The maximum atomic E-state index is 13.7. The van der Waals surface area contributed by atoms with Gasteiger partial charge in [0.15, 0.2) is 0 Å². The molecule has 7 heteroatoms. The predicted molar refractivity (Wildman–Crippen MR) is 100 cm³/mol. The Kier molecular flexibility index (Phi) is 4.80. The van der Waals surface area contributed by atoms with Gasteiger partial charge in [-0.25, -0.2) is 14.4 Å². The highest BCUT2D eigenvalue weighted by molar-refractivity contribution is 5.65. The average Bonchev–Trinajstić information content (AvgIpc) is 3.19. The second-order valence-corrected chi connectivity index (χ2v) is 6.22. The summed E-state index contributed by atoms with van der Waals surface area (Å²) in [7, 11) is 0. The Morgan fingerprint density at radius 3 is 2.57 bits per heavy atom. The number of benzene rings is 1. The van der Waals surface area contributed by atoms with Gasteiger partial charge in [0, 0.05) is 23.5 Å². The van der Waals surface area contributed by atoms with E-state index in [4.69, 9.17) is 4.74 Å². The van der Waals surface area contributed by atoms with E-state index in [1.807, 2.05) is 25.1 Å². The number of ether oxygens (including phenoxy) is 1. The fourth-order valence-electron chi connectivity index (χ4n) is 2.78. The van der Waals surface area contributed by atoms with Crippen molar-refractivity contribution in [2.75, 3.05) is 0 Å². The molecule has 0 unspecified atom stereocenters. The molecule has 3 heterocycles. The SMILES string of the molecule is Cc1cc(-c2cnc(-c3ccc(F)nc3)[nH]2)ccc1OCc1ncccc1F. The molecule has 0 saturated carbocycles. The highest BCUT2D eigenvalue weighted by Gasteiger charge is 2.10. The molecular formula is C21H16F2N4O. The van der Waals surface area contributed by atoms with Gasteiger partial charge in [0.1, 0.15) is 29.7 Å². The normalized spacial score (nSPS) is 10.8. The molecule has 0 fully saturated rings. The first kappa shape index (κ1) is 17.8. The Labute approximate surface area is 160 Å². The van der Waals surface area contributed by atoms with E-state index in [2.05, 4.69) is 19.9 Å². The standard InChI is InChI=1S/C21H16F2N4O/c1-13-9-14(4-6-19(13)28-12-18-16(22)3-2-8-24-18)17-11-26-21(27-17)15-5-7-20(23)25-10-15/h2-11H,12H2,1H3,(H,26,27). The number of rotatable bonds is 5. The van der Waals surface area contributed by atoms with Gasteiger partial charge >= 0.3 is 0 Å². The zero-order valence-corrected chi connectivity index (χ0v) is 15.0. The lowest BCUT2D eigenvalue weighted by Crippen LogP contribution is -2.02. The third-order valence-corrected chi connectivity index (χ3v) is 4.26. The van der Waals surface area contributed by atoms with Gasteiger partial charge in [-0.3, -0.25) is 4.98 Å². The van der Waals surface area contributed by atoms with Crippen LogP contribution in [0.5, 0.6) is 5.75 Å². The largest absolute Gasteiger partial charge is 0.487 e. The van der Waals surface area contributed by atoms with Crippen molar-refractivity contribution in [1.29, 1.82) is 0 Å². The van der Waals surface area contributed by atoms with Crippen LogP contribution in [0.3, 0.4) is 0 Å². The van der Waals surface area contributed by atoms with E-state index in [0.717, 1.165) is 16.8 Å². The van der Waals surface area contributed by atoms with E-state index in [-0.39, 0.29) is 12.3 Å². The molecule has 5 nitrogen and oxygen atoms in total. The molecule has 28 heavy (non-hydrogen) atoms. The average molecular weight is 378 g/mol. The van der Waals surface area contributed by atoms with Crippen LogP contribution in [0.1, 0.15) is 11.3 Å². The van der Waals surface area contributed by atoms with Crippen molar-refractivity contribution in [3.63, 3.8) is 0 Å². The molecule has 0 spiro atoms. The number of imidazole rings is 1. The van der Waals surface area contributed by atoms with Gasteiger partial charge in [0.05, 0.1) is 11.9 Å². The minimum absolute atomic E-state index is 0.0542. The second-order valence-electron chi connectivity index (χ2n) is 6.22. The fourth-order valence-corrected chi connectivity index (χ4v) is 2.78. The van der Waals surface area contributed by atoms with Crippen LogP contribution in [0.25, 0.3) is 22.6 Å². The van der Waals surface area contributed by atoms with Gasteiger partial charge in [0.2, 0.25) is 5.95 Å². The summed E-state index contributed by atoms with van der Waals surface area (Å²) in [6, 6.07) is 11.5. The van der Waals surface area contributed by atoms with Crippen molar-refractivity contribution in [3.05, 3.63) is 84.1 Å². The summed E-state index contributed by atoms with van der Waals surface area (Å²) in [5.74, 6) is 0.326. The Bertz CT molecular complexity index is 1110. The second kappa shape index (κ2) is 7.56. The third-order valence-electron chi connectivity index (χ3n) is 4.26. The van der Waals surface area contributed by atoms with Crippen LogP contribution in [-0.2, 0) is 6.61 Å². The summed E-state index contributed by atoms with van der Waals surface area (Å²) in [5.41, 5.74) is 3.58. The van der Waals surface area contributed by atoms with Crippen molar-refractivity contribution in [2.24, 2.45) is 0 Å². The lowest BCUT2D eigenvalue weighted by atomic mass is 10.1. The summed E-state index contributed by atoms with van der Waals surface area (Å²) >= 11 is 0. The highest BCUT2D eigenvalue weighted by atomic mass is 19.1. The molecule has 0 saturated heterocycles. The van der Waals surface area contributed by atoms with E-state index in [9.17, 15) is 8.78 Å². The summed E-state index contributed by atoms with van der Waals surface area (Å²) in [4.78, 5) is 15.2. The topological polar surface area (TPSA) is 63.7 Å². The molecule has 0 amide bonds. The summed E-state index contributed by atoms with van der Waals surface area (Å²) in [6.45, 7) is 1.97. The minimum atomic E-state index is -0.535. The van der Waals surface area contributed by atoms with Gasteiger partial charge in [-0.15, -0.1) is 0 Å². The van der Waals surface area contributed by atoms with Crippen LogP contribution in [-0.4, -0.2) is 19.9 Å². The molecule has 1 aromatic carbocycles. The molecule has 140 valence electrons. The van der Waals surface area contributed by atoms with Crippen molar-refractivity contribution in [1.82, 2.24) is 19.9 Å². The molecular weight excluding hydrogens is 362 g/mol. The Morgan fingerprint density at radius 1 is 0.964 bits per heavy atom. The first-order valence-electron chi connectivity index (χ1n) is 8.60. The third kappa shape index (κ3) is 3.73. The molecule has 1 N–H and O–H groups in total. The quantitative estimate of drug-likeness (QED) is 0.511. The molecule has 0 aliphatic rings. The monoisotopic (exact) mass is 378 g/mol. The van der Waals surface area contributed by atoms with Gasteiger partial charge in [-0.2, -0.15) is 4.39 Å². The fraction of sp³-hybridized carbons (Fsp3) is 0.0952. The number of aryl methyl sites for hydroxylation is 1. The Balaban J connectivity index is 1.51. The zero-order valence-electron chi connectivity index (χ0n) is 15.0. The molecule has 0 aliphatic carbocycles. The predicted octanol–water partition coefficient (Wildman–Crippen LogP) is 4.70. The maximum Gasteiger partial charge on any atom is 0.212 e. The van der Waals surface area contributed by atoms with E-state index in [1.165, 1.54) is 24.5 Å². The van der Waals surface area contributed by atoms with E-state index in [0.29, 0.717) is 17.1 Å². The van der Waals surface area contributed by atoms with Crippen molar-refractivity contribution >= 4 is 0 Å².